The Morgan fingerprint density at radius 3 is 2.50 bits per heavy atom. The van der Waals surface area contributed by atoms with Crippen LogP contribution in [0.1, 0.15) is 12.0 Å². The topological polar surface area (TPSA) is 12.5 Å². The lowest BCUT2D eigenvalue weighted by atomic mass is 10.1. The van der Waals surface area contributed by atoms with E-state index in [9.17, 15) is 4.39 Å². The van der Waals surface area contributed by atoms with E-state index in [2.05, 4.69) is 19.0 Å². The summed E-state index contributed by atoms with van der Waals surface area (Å²) < 4.78 is 19.4. The SMILES string of the molecule is CN(C)CCCc1ccc(F)c(Oc2ccccc2)c1. The summed E-state index contributed by atoms with van der Waals surface area (Å²) in [6, 6.07) is 14.4. The predicted octanol–water partition coefficient (Wildman–Crippen LogP) is 4.11. The van der Waals surface area contributed by atoms with Gasteiger partial charge in [-0.2, -0.15) is 0 Å². The van der Waals surface area contributed by atoms with Gasteiger partial charge in [0.25, 0.3) is 0 Å². The van der Waals surface area contributed by atoms with Crippen molar-refractivity contribution < 1.29 is 9.13 Å². The standard InChI is InChI=1S/C17H20FNO/c1-19(2)12-6-7-14-10-11-16(18)17(13-14)20-15-8-4-3-5-9-15/h3-5,8-11,13H,6-7,12H2,1-2H3. The molecule has 0 saturated heterocycles. The van der Waals surface area contributed by atoms with Gasteiger partial charge in [-0.3, -0.25) is 0 Å². The van der Waals surface area contributed by atoms with Crippen molar-refractivity contribution in [2.75, 3.05) is 20.6 Å². The van der Waals surface area contributed by atoms with E-state index >= 15 is 0 Å². The first-order chi connectivity index (χ1) is 9.65. The zero-order valence-electron chi connectivity index (χ0n) is 12.0. The average Bonchev–Trinajstić information content (AvgIpc) is 2.43. The van der Waals surface area contributed by atoms with Gasteiger partial charge in [-0.1, -0.05) is 24.3 Å². The molecular weight excluding hydrogens is 253 g/mol. The molecule has 3 heteroatoms. The Balaban J connectivity index is 2.05. The first kappa shape index (κ1) is 14.5. The summed E-state index contributed by atoms with van der Waals surface area (Å²) in [6.07, 6.45) is 1.97. The number of halogens is 1. The molecule has 0 aliphatic heterocycles. The average molecular weight is 273 g/mol. The van der Waals surface area contributed by atoms with Crippen LogP contribution in [0.5, 0.6) is 11.5 Å². The van der Waals surface area contributed by atoms with Crippen LogP contribution < -0.4 is 4.74 Å². The summed E-state index contributed by atoms with van der Waals surface area (Å²) in [4.78, 5) is 2.14. The molecule has 0 aliphatic rings. The minimum absolute atomic E-state index is 0.290. The van der Waals surface area contributed by atoms with E-state index in [1.807, 2.05) is 36.4 Å². The summed E-state index contributed by atoms with van der Waals surface area (Å²) in [6.45, 7) is 1.02. The largest absolute Gasteiger partial charge is 0.454 e. The maximum atomic E-state index is 13.8. The van der Waals surface area contributed by atoms with E-state index in [4.69, 9.17) is 4.74 Å². The van der Waals surface area contributed by atoms with Gasteiger partial charge < -0.3 is 9.64 Å². The van der Waals surface area contributed by atoms with Gasteiger partial charge in [-0.05, 0) is 63.3 Å². The Labute approximate surface area is 119 Å². The number of aryl methyl sites for hydroxylation is 1. The van der Waals surface area contributed by atoms with Crippen molar-refractivity contribution in [2.24, 2.45) is 0 Å². The number of ether oxygens (including phenoxy) is 1. The summed E-state index contributed by atoms with van der Waals surface area (Å²) >= 11 is 0. The highest BCUT2D eigenvalue weighted by atomic mass is 19.1. The fourth-order valence-corrected chi connectivity index (χ4v) is 2.00. The third-order valence-corrected chi connectivity index (χ3v) is 3.04. The van der Waals surface area contributed by atoms with Crippen LogP contribution in [0.2, 0.25) is 0 Å². The summed E-state index contributed by atoms with van der Waals surface area (Å²) in [5, 5.41) is 0. The van der Waals surface area contributed by atoms with Gasteiger partial charge in [0.2, 0.25) is 0 Å². The first-order valence-electron chi connectivity index (χ1n) is 6.81. The van der Waals surface area contributed by atoms with E-state index < -0.39 is 0 Å². The van der Waals surface area contributed by atoms with Crippen LogP contribution in [0.3, 0.4) is 0 Å². The van der Waals surface area contributed by atoms with E-state index in [0.29, 0.717) is 11.5 Å². The molecule has 2 aromatic carbocycles. The molecule has 0 heterocycles. The molecule has 2 rings (SSSR count). The fraction of sp³-hybridized carbons (Fsp3) is 0.294. The lowest BCUT2D eigenvalue weighted by molar-refractivity contribution is 0.400. The van der Waals surface area contributed by atoms with E-state index in [1.165, 1.54) is 6.07 Å². The number of benzene rings is 2. The second kappa shape index (κ2) is 7.06. The molecule has 0 radical (unpaired) electrons. The van der Waals surface area contributed by atoms with Crippen LogP contribution in [0, 0.1) is 5.82 Å². The lowest BCUT2D eigenvalue weighted by Crippen LogP contribution is -2.13. The second-order valence-corrected chi connectivity index (χ2v) is 5.09. The van der Waals surface area contributed by atoms with Gasteiger partial charge in [0, 0.05) is 0 Å². The maximum absolute atomic E-state index is 13.8. The third-order valence-electron chi connectivity index (χ3n) is 3.04. The minimum atomic E-state index is -0.329. The quantitative estimate of drug-likeness (QED) is 0.785. The molecule has 20 heavy (non-hydrogen) atoms. The molecule has 0 amide bonds. The molecule has 0 aliphatic carbocycles. The van der Waals surface area contributed by atoms with E-state index in [0.717, 1.165) is 24.9 Å². The number of hydrogen-bond donors (Lipinski definition) is 0. The van der Waals surface area contributed by atoms with E-state index in [-0.39, 0.29) is 5.82 Å². The Morgan fingerprint density at radius 1 is 1.05 bits per heavy atom. The van der Waals surface area contributed by atoms with Crippen molar-refractivity contribution in [3.05, 3.63) is 59.9 Å². The molecule has 0 aromatic heterocycles. The van der Waals surface area contributed by atoms with Crippen LogP contribution in [0.15, 0.2) is 48.5 Å². The Kier molecular flexibility index (Phi) is 5.13. The minimum Gasteiger partial charge on any atom is -0.454 e. The van der Waals surface area contributed by atoms with Crippen molar-refractivity contribution in [2.45, 2.75) is 12.8 Å². The van der Waals surface area contributed by atoms with Crippen LogP contribution in [0.4, 0.5) is 4.39 Å². The molecule has 0 unspecified atom stereocenters. The van der Waals surface area contributed by atoms with Gasteiger partial charge >= 0.3 is 0 Å². The van der Waals surface area contributed by atoms with Gasteiger partial charge in [-0.25, -0.2) is 4.39 Å². The van der Waals surface area contributed by atoms with Gasteiger partial charge in [-0.15, -0.1) is 0 Å². The number of hydrogen-bond acceptors (Lipinski definition) is 2. The van der Waals surface area contributed by atoms with Crippen LogP contribution in [-0.4, -0.2) is 25.5 Å². The van der Waals surface area contributed by atoms with Gasteiger partial charge in [0.1, 0.15) is 5.75 Å². The molecule has 106 valence electrons. The first-order valence-corrected chi connectivity index (χ1v) is 6.81. The van der Waals surface area contributed by atoms with Crippen molar-refractivity contribution in [1.29, 1.82) is 0 Å². The molecule has 2 aromatic rings. The number of para-hydroxylation sites is 1. The fourth-order valence-electron chi connectivity index (χ4n) is 2.00. The predicted molar refractivity (Wildman–Crippen MR) is 79.8 cm³/mol. The Morgan fingerprint density at radius 2 is 1.80 bits per heavy atom. The van der Waals surface area contributed by atoms with Crippen molar-refractivity contribution in [1.82, 2.24) is 4.90 Å². The van der Waals surface area contributed by atoms with Crippen molar-refractivity contribution in [3.63, 3.8) is 0 Å². The normalized spacial score (nSPS) is 10.8. The highest BCUT2D eigenvalue weighted by Gasteiger charge is 2.06. The second-order valence-electron chi connectivity index (χ2n) is 5.09. The molecule has 0 spiro atoms. The van der Waals surface area contributed by atoms with Gasteiger partial charge in [0.05, 0.1) is 0 Å². The number of rotatable bonds is 6. The van der Waals surface area contributed by atoms with Crippen LogP contribution in [-0.2, 0) is 6.42 Å². The monoisotopic (exact) mass is 273 g/mol. The summed E-state index contributed by atoms with van der Waals surface area (Å²) in [5.74, 6) is 0.612. The zero-order valence-corrected chi connectivity index (χ0v) is 12.0. The molecule has 0 N–H and O–H groups in total. The maximum Gasteiger partial charge on any atom is 0.165 e. The Hall–Kier alpha value is -1.87. The van der Waals surface area contributed by atoms with Crippen LogP contribution in [0.25, 0.3) is 0 Å². The van der Waals surface area contributed by atoms with Crippen LogP contribution >= 0.6 is 0 Å². The smallest absolute Gasteiger partial charge is 0.165 e. The Bertz CT molecular complexity index is 540. The zero-order chi connectivity index (χ0) is 14.4. The molecular formula is C17H20FNO. The molecule has 0 atom stereocenters. The van der Waals surface area contributed by atoms with Crippen molar-refractivity contribution in [3.8, 4) is 11.5 Å². The van der Waals surface area contributed by atoms with Crippen molar-refractivity contribution >= 4 is 0 Å². The summed E-state index contributed by atoms with van der Waals surface area (Å²) in [5.41, 5.74) is 1.10. The van der Waals surface area contributed by atoms with Gasteiger partial charge in [0.15, 0.2) is 11.6 Å². The summed E-state index contributed by atoms with van der Waals surface area (Å²) in [7, 11) is 4.10. The number of nitrogens with zero attached hydrogens (tertiary/aromatic N) is 1. The highest BCUT2D eigenvalue weighted by Crippen LogP contribution is 2.25. The molecule has 0 saturated carbocycles. The molecule has 2 nitrogen and oxygen atoms in total. The lowest BCUT2D eigenvalue weighted by Gasteiger charge is -2.11. The highest BCUT2D eigenvalue weighted by molar-refractivity contribution is 5.35. The third kappa shape index (κ3) is 4.35. The van der Waals surface area contributed by atoms with E-state index in [1.54, 1.807) is 6.07 Å². The molecule has 0 fully saturated rings. The molecule has 0 bridgehead atoms.